The van der Waals surface area contributed by atoms with Crippen molar-refractivity contribution in [1.29, 1.82) is 0 Å². The van der Waals surface area contributed by atoms with E-state index >= 15 is 0 Å². The average Bonchev–Trinajstić information content (AvgIpc) is 3.13. The van der Waals surface area contributed by atoms with Gasteiger partial charge in [-0.25, -0.2) is 0 Å². The van der Waals surface area contributed by atoms with Crippen molar-refractivity contribution in [2.45, 2.75) is 57.5 Å². The molecule has 3 fully saturated rings. The minimum absolute atomic E-state index is 0. The van der Waals surface area contributed by atoms with E-state index in [4.69, 9.17) is 11.6 Å². The van der Waals surface area contributed by atoms with Crippen LogP contribution < -0.4 is 15.5 Å². The van der Waals surface area contributed by atoms with E-state index in [9.17, 15) is 14.4 Å². The van der Waals surface area contributed by atoms with Crippen molar-refractivity contribution < 1.29 is 14.4 Å². The van der Waals surface area contributed by atoms with Crippen molar-refractivity contribution in [2.24, 2.45) is 11.8 Å². The summed E-state index contributed by atoms with van der Waals surface area (Å²) in [5, 5.41) is 6.43. The molecule has 4 aliphatic rings. The topological polar surface area (TPSA) is 81.8 Å². The predicted molar refractivity (Wildman–Crippen MR) is 130 cm³/mol. The molecule has 1 atom stereocenters. The van der Waals surface area contributed by atoms with Gasteiger partial charge in [0.25, 0.3) is 5.91 Å². The fraction of sp³-hybridized carbons (Fsp3) is 0.625. The number of fused-ring (bicyclic) bond motifs is 1. The average molecular weight is 495 g/mol. The van der Waals surface area contributed by atoms with Crippen LogP contribution in [0.15, 0.2) is 12.1 Å². The van der Waals surface area contributed by atoms with Crippen LogP contribution in [0.25, 0.3) is 0 Å². The Morgan fingerprint density at radius 2 is 1.67 bits per heavy atom. The quantitative estimate of drug-likeness (QED) is 0.628. The lowest BCUT2D eigenvalue weighted by molar-refractivity contribution is -0.136. The molecule has 0 aliphatic carbocycles. The number of hydrogen-bond donors (Lipinski definition) is 2. The van der Waals surface area contributed by atoms with E-state index in [2.05, 4.69) is 15.5 Å². The van der Waals surface area contributed by atoms with Crippen molar-refractivity contribution in [3.63, 3.8) is 0 Å². The first-order valence-electron chi connectivity index (χ1n) is 11.9. The highest BCUT2D eigenvalue weighted by Crippen LogP contribution is 2.39. The van der Waals surface area contributed by atoms with E-state index in [1.54, 1.807) is 4.90 Å². The van der Waals surface area contributed by atoms with Crippen LogP contribution in [0.1, 0.15) is 60.9 Å². The van der Waals surface area contributed by atoms with Crippen molar-refractivity contribution >= 4 is 47.4 Å². The van der Waals surface area contributed by atoms with Gasteiger partial charge in [-0.05, 0) is 75.6 Å². The van der Waals surface area contributed by atoms with Crippen LogP contribution >= 0.6 is 24.0 Å². The Balaban J connectivity index is 0.00000259. The number of imide groups is 1. The maximum absolute atomic E-state index is 13.0. The molecule has 0 radical (unpaired) electrons. The van der Waals surface area contributed by atoms with Gasteiger partial charge in [0.05, 0.1) is 10.7 Å². The third kappa shape index (κ3) is 4.86. The van der Waals surface area contributed by atoms with Crippen LogP contribution in [0.2, 0.25) is 5.02 Å². The highest BCUT2D eigenvalue weighted by molar-refractivity contribution is 6.35. The third-order valence-electron chi connectivity index (χ3n) is 7.71. The maximum atomic E-state index is 13.0. The lowest BCUT2D eigenvalue weighted by Crippen LogP contribution is -2.52. The van der Waals surface area contributed by atoms with Crippen molar-refractivity contribution in [3.05, 3.63) is 28.3 Å². The van der Waals surface area contributed by atoms with E-state index in [1.165, 1.54) is 32.1 Å². The number of nitrogens with one attached hydrogen (secondary N) is 2. The lowest BCUT2D eigenvalue weighted by atomic mass is 9.83. The lowest BCUT2D eigenvalue weighted by Gasteiger charge is -2.36. The number of nitrogens with zero attached hydrogens (tertiary/aromatic N) is 2. The van der Waals surface area contributed by atoms with E-state index in [1.807, 2.05) is 12.1 Å². The minimum atomic E-state index is -0.613. The van der Waals surface area contributed by atoms with Crippen molar-refractivity contribution in [3.8, 4) is 0 Å². The molecule has 0 bridgehead atoms. The number of piperidine rings is 3. The summed E-state index contributed by atoms with van der Waals surface area (Å²) in [5.74, 6) is 0.797. The minimum Gasteiger partial charge on any atom is -0.370 e. The maximum Gasteiger partial charge on any atom is 0.255 e. The summed E-state index contributed by atoms with van der Waals surface area (Å²) >= 11 is 6.83. The summed E-state index contributed by atoms with van der Waals surface area (Å²) in [6.07, 6.45) is 6.91. The van der Waals surface area contributed by atoms with Gasteiger partial charge < -0.3 is 15.1 Å². The zero-order valence-electron chi connectivity index (χ0n) is 18.8. The number of hydrogen-bond acceptors (Lipinski definition) is 5. The van der Waals surface area contributed by atoms with E-state index in [0.29, 0.717) is 23.6 Å². The van der Waals surface area contributed by atoms with Crippen LogP contribution in [-0.2, 0) is 16.1 Å². The molecule has 1 aromatic carbocycles. The highest BCUT2D eigenvalue weighted by atomic mass is 35.5. The number of carbonyl (C=O) groups excluding carboxylic acids is 3. The zero-order chi connectivity index (χ0) is 22.2. The van der Waals surface area contributed by atoms with Crippen molar-refractivity contribution in [2.75, 3.05) is 31.1 Å². The molecule has 0 aromatic heterocycles. The first kappa shape index (κ1) is 24.3. The molecular formula is C24H32Cl2N4O3. The summed E-state index contributed by atoms with van der Waals surface area (Å²) in [6, 6.07) is 3.20. The summed E-state index contributed by atoms with van der Waals surface area (Å²) in [6.45, 7) is 4.60. The second-order valence-electron chi connectivity index (χ2n) is 9.68. The van der Waals surface area contributed by atoms with E-state index in [0.717, 1.165) is 49.3 Å². The zero-order valence-corrected chi connectivity index (χ0v) is 20.3. The Morgan fingerprint density at radius 1 is 0.970 bits per heavy atom. The molecule has 4 aliphatic heterocycles. The third-order valence-corrected chi connectivity index (χ3v) is 8.13. The Labute approximate surface area is 206 Å². The standard InChI is InChI=1S/C24H31ClN4O3.ClH/c25-22-18-14-29(20-3-4-21(30)27-23(20)31)24(32)17(18)1-2-19(22)28-11-7-16(8-12-28)13-15-5-9-26-10-6-15;/h1-2,15-16,20,26H,3-14H2,(H,27,30,31);1H. The number of rotatable bonds is 4. The molecule has 1 unspecified atom stereocenters. The molecule has 0 spiro atoms. The number of anilines is 1. The molecule has 3 amide bonds. The second-order valence-corrected chi connectivity index (χ2v) is 10.1. The molecule has 0 saturated carbocycles. The number of amides is 3. The SMILES string of the molecule is Cl.O=C1CCC(N2Cc3c(ccc(N4CCC(CC5CCNCC5)CC4)c3Cl)C2=O)C(=O)N1. The second kappa shape index (κ2) is 10.2. The van der Waals surface area contributed by atoms with Crippen LogP contribution in [0, 0.1) is 11.8 Å². The Bertz CT molecular complexity index is 927. The van der Waals surface area contributed by atoms with Crippen LogP contribution in [-0.4, -0.2) is 54.8 Å². The van der Waals surface area contributed by atoms with E-state index in [-0.39, 0.29) is 30.6 Å². The number of halogens is 2. The normalized spacial score (nSPS) is 24.5. The van der Waals surface area contributed by atoms with Gasteiger partial charge in [-0.15, -0.1) is 12.4 Å². The molecule has 1 aromatic rings. The molecule has 9 heteroatoms. The van der Waals surface area contributed by atoms with Crippen LogP contribution in [0.4, 0.5) is 5.69 Å². The van der Waals surface area contributed by atoms with Gasteiger partial charge in [0, 0.05) is 37.2 Å². The predicted octanol–water partition coefficient (Wildman–Crippen LogP) is 3.13. The molecule has 180 valence electrons. The molecule has 4 heterocycles. The first-order chi connectivity index (χ1) is 15.5. The molecule has 2 N–H and O–H groups in total. The van der Waals surface area contributed by atoms with Gasteiger partial charge >= 0.3 is 0 Å². The van der Waals surface area contributed by atoms with Gasteiger partial charge in [-0.3, -0.25) is 19.7 Å². The summed E-state index contributed by atoms with van der Waals surface area (Å²) in [7, 11) is 0. The van der Waals surface area contributed by atoms with Gasteiger partial charge in [-0.2, -0.15) is 0 Å². The Morgan fingerprint density at radius 3 is 2.36 bits per heavy atom. The monoisotopic (exact) mass is 494 g/mol. The van der Waals surface area contributed by atoms with Gasteiger partial charge in [-0.1, -0.05) is 11.6 Å². The summed E-state index contributed by atoms with van der Waals surface area (Å²) in [4.78, 5) is 40.7. The molecular weight excluding hydrogens is 463 g/mol. The van der Waals surface area contributed by atoms with Gasteiger partial charge in [0.15, 0.2) is 0 Å². The first-order valence-corrected chi connectivity index (χ1v) is 12.3. The molecule has 3 saturated heterocycles. The van der Waals surface area contributed by atoms with Crippen molar-refractivity contribution in [1.82, 2.24) is 15.5 Å². The highest BCUT2D eigenvalue weighted by Gasteiger charge is 2.40. The fourth-order valence-corrected chi connectivity index (χ4v) is 6.18. The summed E-state index contributed by atoms with van der Waals surface area (Å²) < 4.78 is 0. The summed E-state index contributed by atoms with van der Waals surface area (Å²) in [5.41, 5.74) is 2.36. The Hall–Kier alpha value is -1.83. The Kier molecular flexibility index (Phi) is 7.51. The molecule has 33 heavy (non-hydrogen) atoms. The number of benzene rings is 1. The van der Waals surface area contributed by atoms with Crippen LogP contribution in [0.5, 0.6) is 0 Å². The molecule has 7 nitrogen and oxygen atoms in total. The fourth-order valence-electron chi connectivity index (χ4n) is 5.83. The van der Waals surface area contributed by atoms with Gasteiger partial charge in [0.1, 0.15) is 6.04 Å². The number of carbonyl (C=O) groups is 3. The smallest absolute Gasteiger partial charge is 0.255 e. The molecule has 5 rings (SSSR count). The van der Waals surface area contributed by atoms with Crippen LogP contribution in [0.3, 0.4) is 0 Å². The van der Waals surface area contributed by atoms with Gasteiger partial charge in [0.2, 0.25) is 11.8 Å². The largest absolute Gasteiger partial charge is 0.370 e. The van der Waals surface area contributed by atoms with E-state index < -0.39 is 11.9 Å².